The molecule has 0 fully saturated rings. The highest BCUT2D eigenvalue weighted by Crippen LogP contribution is 2.34. The fourth-order valence-electron chi connectivity index (χ4n) is 6.00. The molecule has 12 nitrogen and oxygen atoms in total. The summed E-state index contributed by atoms with van der Waals surface area (Å²) in [4.78, 5) is 43.7. The third kappa shape index (κ3) is 9.66. The Labute approximate surface area is 293 Å². The molecule has 0 saturated carbocycles. The summed E-state index contributed by atoms with van der Waals surface area (Å²) in [6.45, 7) is 6.58. The number of likely N-dealkylation sites (N-methyl/N-ethyl adjacent to an activating group) is 1. The summed E-state index contributed by atoms with van der Waals surface area (Å²) in [5.74, 6) is 0.829. The highest BCUT2D eigenvalue weighted by atomic mass is 16.7. The summed E-state index contributed by atoms with van der Waals surface area (Å²) in [6, 6.07) is 18.9. The van der Waals surface area contributed by atoms with Crippen molar-refractivity contribution in [2.24, 2.45) is 5.92 Å². The second kappa shape index (κ2) is 17.2. The summed E-state index contributed by atoms with van der Waals surface area (Å²) >= 11 is 0. The van der Waals surface area contributed by atoms with Gasteiger partial charge < -0.3 is 44.5 Å². The Morgan fingerprint density at radius 1 is 0.960 bits per heavy atom. The molecule has 0 saturated heterocycles. The molecule has 0 aliphatic carbocycles. The van der Waals surface area contributed by atoms with Gasteiger partial charge in [-0.15, -0.1) is 0 Å². The molecule has 4 amide bonds. The number of anilines is 2. The van der Waals surface area contributed by atoms with Crippen LogP contribution in [0.15, 0.2) is 66.7 Å². The minimum Gasteiger partial charge on any atom is -0.490 e. The predicted octanol–water partition coefficient (Wildman–Crippen LogP) is 5.56. The van der Waals surface area contributed by atoms with Crippen LogP contribution in [0.5, 0.6) is 17.2 Å². The molecule has 0 aromatic heterocycles. The standard InChI is InChI=1S/C38H48N4O8/c1-25-21-42(26(2)23-43)37(45)31-19-29(39-36(44)18-28-11-6-5-7-12-28)13-15-32(31)50-27(3)10-8-9-17-47-35(25)22-41(4)38(46)40-30-14-16-33-34(20-30)49-24-48-33/h5-7,11-16,19-20,25-27,35,43H,8-10,17-18,21-24H2,1-4H3,(H,39,44)(H,40,46)/t25-,26-,27+,35-/m0/s1. The van der Waals surface area contributed by atoms with Gasteiger partial charge in [-0.25, -0.2) is 4.79 Å². The number of fused-ring (bicyclic) bond motifs is 2. The smallest absolute Gasteiger partial charge is 0.321 e. The molecule has 4 atom stereocenters. The molecule has 5 rings (SSSR count). The zero-order valence-corrected chi connectivity index (χ0v) is 29.2. The molecule has 0 spiro atoms. The van der Waals surface area contributed by atoms with Crippen LogP contribution in [0.1, 0.15) is 56.0 Å². The Bertz CT molecular complexity index is 1620. The van der Waals surface area contributed by atoms with Gasteiger partial charge in [-0.3, -0.25) is 9.59 Å². The fraction of sp³-hybridized carbons (Fsp3) is 0.447. The van der Waals surface area contributed by atoms with E-state index < -0.39 is 12.1 Å². The van der Waals surface area contributed by atoms with E-state index in [0.717, 1.165) is 24.8 Å². The van der Waals surface area contributed by atoms with E-state index in [9.17, 15) is 19.5 Å². The minimum atomic E-state index is -0.535. The van der Waals surface area contributed by atoms with E-state index in [-0.39, 0.29) is 68.3 Å². The number of nitrogens with zero attached hydrogens (tertiary/aromatic N) is 2. The number of nitrogens with one attached hydrogen (secondary N) is 2. The second-order valence-corrected chi connectivity index (χ2v) is 13.1. The van der Waals surface area contributed by atoms with Crippen LogP contribution in [0, 0.1) is 5.92 Å². The number of aliphatic hydroxyl groups is 1. The molecular weight excluding hydrogens is 640 g/mol. The fourth-order valence-corrected chi connectivity index (χ4v) is 6.00. The molecule has 50 heavy (non-hydrogen) atoms. The molecule has 268 valence electrons. The van der Waals surface area contributed by atoms with Crippen LogP contribution in [0.4, 0.5) is 16.2 Å². The molecule has 3 N–H and O–H groups in total. The van der Waals surface area contributed by atoms with Crippen LogP contribution in [0.25, 0.3) is 0 Å². The largest absolute Gasteiger partial charge is 0.490 e. The maximum atomic E-state index is 14.4. The summed E-state index contributed by atoms with van der Waals surface area (Å²) in [6.07, 6.45) is 1.96. The molecular formula is C38H48N4O8. The first-order valence-corrected chi connectivity index (χ1v) is 17.2. The van der Waals surface area contributed by atoms with E-state index in [2.05, 4.69) is 10.6 Å². The Balaban J connectivity index is 1.35. The van der Waals surface area contributed by atoms with E-state index in [0.29, 0.717) is 35.2 Å². The van der Waals surface area contributed by atoms with Crippen molar-refractivity contribution in [2.75, 3.05) is 50.8 Å². The Kier molecular flexibility index (Phi) is 12.6. The number of benzene rings is 3. The number of ether oxygens (including phenoxy) is 4. The summed E-state index contributed by atoms with van der Waals surface area (Å²) in [5, 5.41) is 16.1. The minimum absolute atomic E-state index is 0.141. The zero-order valence-electron chi connectivity index (χ0n) is 29.2. The number of hydrogen-bond acceptors (Lipinski definition) is 8. The van der Waals surface area contributed by atoms with Crippen LogP contribution >= 0.6 is 0 Å². The number of amides is 4. The van der Waals surface area contributed by atoms with Crippen molar-refractivity contribution >= 4 is 29.2 Å². The SMILES string of the molecule is C[C@@H]1CCCCO[C@@H](CN(C)C(=O)Nc2ccc3c(c2)OCO3)[C@@H](C)CN([C@@H](C)CO)C(=O)c2cc(NC(=O)Cc3ccccc3)ccc2O1. The third-order valence-electron chi connectivity index (χ3n) is 8.97. The van der Waals surface area contributed by atoms with Gasteiger partial charge in [-0.05, 0) is 69.0 Å². The maximum absolute atomic E-state index is 14.4. The second-order valence-electron chi connectivity index (χ2n) is 13.1. The quantitative estimate of drug-likeness (QED) is 0.280. The van der Waals surface area contributed by atoms with Crippen molar-refractivity contribution < 1.29 is 38.4 Å². The summed E-state index contributed by atoms with van der Waals surface area (Å²) < 4.78 is 23.5. The van der Waals surface area contributed by atoms with E-state index in [1.807, 2.05) is 44.2 Å². The van der Waals surface area contributed by atoms with Crippen LogP contribution in [-0.2, 0) is 16.0 Å². The molecule has 2 aliphatic heterocycles. The summed E-state index contributed by atoms with van der Waals surface area (Å²) in [7, 11) is 1.70. The lowest BCUT2D eigenvalue weighted by Gasteiger charge is -2.35. The van der Waals surface area contributed by atoms with Gasteiger partial charge in [-0.1, -0.05) is 37.3 Å². The van der Waals surface area contributed by atoms with Crippen LogP contribution in [-0.4, -0.2) is 91.1 Å². The number of carbonyl (C=O) groups is 3. The van der Waals surface area contributed by atoms with Gasteiger partial charge >= 0.3 is 6.03 Å². The van der Waals surface area contributed by atoms with Gasteiger partial charge in [0.15, 0.2) is 11.5 Å². The monoisotopic (exact) mass is 688 g/mol. The normalized spacial score (nSPS) is 20.1. The lowest BCUT2D eigenvalue weighted by atomic mass is 10.0. The zero-order chi connectivity index (χ0) is 35.6. The lowest BCUT2D eigenvalue weighted by molar-refractivity contribution is -0.115. The number of hydrogen-bond donors (Lipinski definition) is 3. The topological polar surface area (TPSA) is 139 Å². The van der Waals surface area contributed by atoms with Gasteiger partial charge in [0.25, 0.3) is 5.91 Å². The Morgan fingerprint density at radius 3 is 2.44 bits per heavy atom. The van der Waals surface area contributed by atoms with E-state index in [4.69, 9.17) is 18.9 Å². The van der Waals surface area contributed by atoms with Crippen molar-refractivity contribution in [2.45, 2.75) is 64.7 Å². The molecule has 3 aromatic rings. The highest BCUT2D eigenvalue weighted by molar-refractivity contribution is 6.00. The number of carbonyl (C=O) groups excluding carboxylic acids is 3. The van der Waals surface area contributed by atoms with E-state index in [1.54, 1.807) is 60.2 Å². The van der Waals surface area contributed by atoms with Crippen molar-refractivity contribution in [1.29, 1.82) is 0 Å². The van der Waals surface area contributed by atoms with Crippen molar-refractivity contribution in [1.82, 2.24) is 9.80 Å². The molecule has 3 aromatic carbocycles. The van der Waals surface area contributed by atoms with Gasteiger partial charge in [0, 0.05) is 50.1 Å². The Morgan fingerprint density at radius 2 is 1.68 bits per heavy atom. The number of aliphatic hydroxyl groups excluding tert-OH is 1. The van der Waals surface area contributed by atoms with Gasteiger partial charge in [0.1, 0.15) is 5.75 Å². The average molecular weight is 689 g/mol. The first-order chi connectivity index (χ1) is 24.1. The molecule has 2 heterocycles. The first kappa shape index (κ1) is 36.5. The van der Waals surface area contributed by atoms with E-state index >= 15 is 0 Å². The molecule has 2 aliphatic rings. The predicted molar refractivity (Wildman–Crippen MR) is 190 cm³/mol. The van der Waals surface area contributed by atoms with Gasteiger partial charge in [-0.2, -0.15) is 0 Å². The average Bonchev–Trinajstić information content (AvgIpc) is 3.58. The van der Waals surface area contributed by atoms with Crippen molar-refractivity contribution in [3.05, 3.63) is 77.9 Å². The summed E-state index contributed by atoms with van der Waals surface area (Å²) in [5.41, 5.74) is 2.21. The van der Waals surface area contributed by atoms with Crippen molar-refractivity contribution in [3.8, 4) is 17.2 Å². The highest BCUT2D eigenvalue weighted by Gasteiger charge is 2.31. The number of rotatable bonds is 8. The van der Waals surface area contributed by atoms with Crippen LogP contribution in [0.2, 0.25) is 0 Å². The molecule has 0 radical (unpaired) electrons. The third-order valence-corrected chi connectivity index (χ3v) is 8.97. The van der Waals surface area contributed by atoms with E-state index in [1.165, 1.54) is 0 Å². The van der Waals surface area contributed by atoms with Crippen LogP contribution < -0.4 is 24.8 Å². The lowest BCUT2D eigenvalue weighted by Crippen LogP contribution is -2.48. The van der Waals surface area contributed by atoms with Crippen molar-refractivity contribution in [3.63, 3.8) is 0 Å². The maximum Gasteiger partial charge on any atom is 0.321 e. The molecule has 0 unspecified atom stereocenters. The van der Waals surface area contributed by atoms with Crippen LogP contribution in [0.3, 0.4) is 0 Å². The number of urea groups is 1. The molecule has 0 bridgehead atoms. The molecule has 12 heteroatoms. The van der Waals surface area contributed by atoms with Gasteiger partial charge in [0.05, 0.1) is 36.8 Å². The van der Waals surface area contributed by atoms with Gasteiger partial charge in [0.2, 0.25) is 12.7 Å². The first-order valence-electron chi connectivity index (χ1n) is 17.2. The Hall–Kier alpha value is -4.81.